The molecule has 1 atom stereocenters. The molecule has 1 amide bonds. The predicted octanol–water partition coefficient (Wildman–Crippen LogP) is 0.783. The van der Waals surface area contributed by atoms with E-state index in [1.165, 1.54) is 4.90 Å². The van der Waals surface area contributed by atoms with Crippen LogP contribution in [0.3, 0.4) is 0 Å². The minimum Gasteiger partial charge on any atom is -0.477 e. The zero-order chi connectivity index (χ0) is 14.0. The molecule has 0 aliphatic carbocycles. The highest BCUT2D eigenvalue weighted by molar-refractivity contribution is 6.00. The zero-order valence-electron chi connectivity index (χ0n) is 10.9. The highest BCUT2D eigenvalue weighted by Crippen LogP contribution is 2.19. The number of carbonyl (C=O) groups excluding carboxylic acids is 1. The summed E-state index contributed by atoms with van der Waals surface area (Å²) in [5.74, 6) is -1.39. The van der Waals surface area contributed by atoms with E-state index in [4.69, 9.17) is 5.11 Å². The lowest BCUT2D eigenvalue weighted by molar-refractivity contribution is 0.0690. The fourth-order valence-corrected chi connectivity index (χ4v) is 1.95. The van der Waals surface area contributed by atoms with Gasteiger partial charge in [-0.15, -0.1) is 0 Å². The number of aliphatic hydroxyl groups excluding tert-OH is 1. The van der Waals surface area contributed by atoms with Crippen molar-refractivity contribution in [2.75, 3.05) is 13.6 Å². The number of hydrogen-bond donors (Lipinski definition) is 3. The van der Waals surface area contributed by atoms with Gasteiger partial charge in [0.05, 0.1) is 11.7 Å². The van der Waals surface area contributed by atoms with Crippen molar-refractivity contribution >= 4 is 11.9 Å². The van der Waals surface area contributed by atoms with Gasteiger partial charge < -0.3 is 20.1 Å². The smallest absolute Gasteiger partial charge is 0.352 e. The fraction of sp³-hybridized carbons (Fsp3) is 0.500. The molecule has 0 spiro atoms. The number of nitrogens with zero attached hydrogens (tertiary/aromatic N) is 1. The first-order chi connectivity index (χ1) is 8.25. The van der Waals surface area contributed by atoms with E-state index in [0.717, 1.165) is 0 Å². The molecule has 6 nitrogen and oxygen atoms in total. The average molecular weight is 254 g/mol. The molecule has 0 radical (unpaired) electrons. The summed E-state index contributed by atoms with van der Waals surface area (Å²) in [5.41, 5.74) is 1.33. The standard InChI is InChI=1S/C12H18N2O4/c1-6(15)5-14(4)11(16)9-7(2)10(12(17)18)13-8(9)3/h6,13,15H,5H2,1-4H3,(H,17,18). The molecule has 0 bridgehead atoms. The third-order valence-electron chi connectivity index (χ3n) is 2.75. The van der Waals surface area contributed by atoms with Crippen LogP contribution in [-0.2, 0) is 0 Å². The van der Waals surface area contributed by atoms with Crippen LogP contribution >= 0.6 is 0 Å². The van der Waals surface area contributed by atoms with E-state index in [0.29, 0.717) is 16.8 Å². The normalized spacial score (nSPS) is 12.3. The van der Waals surface area contributed by atoms with E-state index in [1.807, 2.05) is 0 Å². The second-order valence-corrected chi connectivity index (χ2v) is 4.46. The van der Waals surface area contributed by atoms with Gasteiger partial charge in [0.15, 0.2) is 0 Å². The molecule has 0 aromatic carbocycles. The third-order valence-corrected chi connectivity index (χ3v) is 2.75. The van der Waals surface area contributed by atoms with Crippen LogP contribution in [0.15, 0.2) is 0 Å². The maximum Gasteiger partial charge on any atom is 0.352 e. The van der Waals surface area contributed by atoms with Gasteiger partial charge in [-0.2, -0.15) is 0 Å². The second-order valence-electron chi connectivity index (χ2n) is 4.46. The van der Waals surface area contributed by atoms with Crippen molar-refractivity contribution in [3.05, 3.63) is 22.5 Å². The highest BCUT2D eigenvalue weighted by atomic mass is 16.4. The molecule has 0 fully saturated rings. The molecule has 0 saturated carbocycles. The Kier molecular flexibility index (Phi) is 4.13. The van der Waals surface area contributed by atoms with Crippen LogP contribution in [-0.4, -0.2) is 51.7 Å². The minimum absolute atomic E-state index is 0.0290. The topological polar surface area (TPSA) is 93.6 Å². The Labute approximate surface area is 105 Å². The Bertz CT molecular complexity index is 477. The van der Waals surface area contributed by atoms with Crippen LogP contribution in [0.1, 0.15) is 39.0 Å². The number of aromatic carboxylic acids is 1. The van der Waals surface area contributed by atoms with E-state index in [-0.39, 0.29) is 18.1 Å². The molecule has 6 heteroatoms. The van der Waals surface area contributed by atoms with Gasteiger partial charge in [-0.1, -0.05) is 0 Å². The van der Waals surface area contributed by atoms with Gasteiger partial charge in [-0.25, -0.2) is 4.79 Å². The minimum atomic E-state index is -1.09. The second kappa shape index (κ2) is 5.22. The Morgan fingerprint density at radius 2 is 1.94 bits per heavy atom. The van der Waals surface area contributed by atoms with Crippen molar-refractivity contribution in [2.45, 2.75) is 26.9 Å². The Morgan fingerprint density at radius 3 is 2.33 bits per heavy atom. The third kappa shape index (κ3) is 2.70. The van der Waals surface area contributed by atoms with E-state index in [9.17, 15) is 14.7 Å². The molecular weight excluding hydrogens is 236 g/mol. The lowest BCUT2D eigenvalue weighted by Gasteiger charge is -2.19. The molecule has 1 aromatic heterocycles. The maximum atomic E-state index is 12.2. The summed E-state index contributed by atoms with van der Waals surface area (Å²) >= 11 is 0. The summed E-state index contributed by atoms with van der Waals surface area (Å²) in [4.78, 5) is 27.2. The Hall–Kier alpha value is -1.82. The summed E-state index contributed by atoms with van der Waals surface area (Å²) in [6.45, 7) is 5.04. The Morgan fingerprint density at radius 1 is 1.39 bits per heavy atom. The van der Waals surface area contributed by atoms with Gasteiger partial charge in [0, 0.05) is 19.3 Å². The van der Waals surface area contributed by atoms with Crippen LogP contribution < -0.4 is 0 Å². The predicted molar refractivity (Wildman–Crippen MR) is 65.9 cm³/mol. The van der Waals surface area contributed by atoms with Crippen molar-refractivity contribution in [3.8, 4) is 0 Å². The average Bonchev–Trinajstić information content (AvgIpc) is 2.52. The molecule has 100 valence electrons. The number of aromatic amines is 1. The van der Waals surface area contributed by atoms with Crippen LogP contribution in [0.25, 0.3) is 0 Å². The van der Waals surface area contributed by atoms with Crippen molar-refractivity contribution in [2.24, 2.45) is 0 Å². The van der Waals surface area contributed by atoms with Crippen molar-refractivity contribution in [1.29, 1.82) is 0 Å². The molecule has 1 unspecified atom stereocenters. The number of likely N-dealkylation sites (N-methyl/N-ethyl adjacent to an activating group) is 1. The number of H-pyrrole nitrogens is 1. The van der Waals surface area contributed by atoms with Crippen LogP contribution in [0.2, 0.25) is 0 Å². The van der Waals surface area contributed by atoms with E-state index < -0.39 is 12.1 Å². The van der Waals surface area contributed by atoms with Gasteiger partial charge in [0.2, 0.25) is 0 Å². The maximum absolute atomic E-state index is 12.2. The highest BCUT2D eigenvalue weighted by Gasteiger charge is 2.24. The number of rotatable bonds is 4. The molecule has 0 aliphatic rings. The first-order valence-electron chi connectivity index (χ1n) is 5.61. The zero-order valence-corrected chi connectivity index (χ0v) is 10.9. The molecule has 18 heavy (non-hydrogen) atoms. The van der Waals surface area contributed by atoms with Crippen LogP contribution in [0.5, 0.6) is 0 Å². The van der Waals surface area contributed by atoms with E-state index >= 15 is 0 Å². The van der Waals surface area contributed by atoms with E-state index in [1.54, 1.807) is 27.8 Å². The SMILES string of the molecule is Cc1[nH]c(C(=O)O)c(C)c1C(=O)N(C)CC(C)O. The van der Waals surface area contributed by atoms with Gasteiger partial charge in [-0.3, -0.25) is 4.79 Å². The lowest BCUT2D eigenvalue weighted by Crippen LogP contribution is -2.33. The summed E-state index contributed by atoms with van der Waals surface area (Å²) in [6, 6.07) is 0. The number of carbonyl (C=O) groups is 2. The first-order valence-corrected chi connectivity index (χ1v) is 5.61. The first kappa shape index (κ1) is 14.2. The molecular formula is C12H18N2O4. The fourth-order valence-electron chi connectivity index (χ4n) is 1.95. The van der Waals surface area contributed by atoms with Crippen molar-refractivity contribution in [3.63, 3.8) is 0 Å². The number of aromatic nitrogens is 1. The number of aryl methyl sites for hydroxylation is 1. The molecule has 1 aromatic rings. The summed E-state index contributed by atoms with van der Waals surface area (Å²) < 4.78 is 0. The summed E-state index contributed by atoms with van der Waals surface area (Å²) in [7, 11) is 1.57. The number of carboxylic acids is 1. The number of carboxylic acid groups (broad SMARTS) is 1. The Balaban J connectivity index is 3.10. The van der Waals surface area contributed by atoms with Gasteiger partial charge in [0.1, 0.15) is 5.69 Å². The summed E-state index contributed by atoms with van der Waals surface area (Å²) in [6.07, 6.45) is -0.627. The number of nitrogens with one attached hydrogen (secondary N) is 1. The molecule has 1 rings (SSSR count). The largest absolute Gasteiger partial charge is 0.477 e. The van der Waals surface area contributed by atoms with Gasteiger partial charge in [-0.05, 0) is 26.3 Å². The van der Waals surface area contributed by atoms with Crippen LogP contribution in [0, 0.1) is 13.8 Å². The van der Waals surface area contributed by atoms with Crippen molar-refractivity contribution < 1.29 is 19.8 Å². The molecule has 0 saturated heterocycles. The number of aliphatic hydroxyl groups is 1. The molecule has 1 heterocycles. The van der Waals surface area contributed by atoms with Gasteiger partial charge in [0.25, 0.3) is 5.91 Å². The number of hydrogen-bond acceptors (Lipinski definition) is 3. The quantitative estimate of drug-likeness (QED) is 0.740. The summed E-state index contributed by atoms with van der Waals surface area (Å²) in [5, 5.41) is 18.2. The van der Waals surface area contributed by atoms with Crippen molar-refractivity contribution in [1.82, 2.24) is 9.88 Å². The molecule has 3 N–H and O–H groups in total. The molecule has 0 aliphatic heterocycles. The van der Waals surface area contributed by atoms with E-state index in [2.05, 4.69) is 4.98 Å². The monoisotopic (exact) mass is 254 g/mol. The van der Waals surface area contributed by atoms with Gasteiger partial charge >= 0.3 is 5.97 Å². The van der Waals surface area contributed by atoms with Crippen LogP contribution in [0.4, 0.5) is 0 Å². The lowest BCUT2D eigenvalue weighted by atomic mass is 10.1. The number of amides is 1.